The number of hydrogen-bond donors (Lipinski definition) is 1. The van der Waals surface area contributed by atoms with Crippen LogP contribution in [-0.4, -0.2) is 29.4 Å². The van der Waals surface area contributed by atoms with Crippen molar-refractivity contribution >= 4 is 34.9 Å². The number of methoxy groups -OCH3 is 1. The maximum absolute atomic E-state index is 12.5. The number of nitrogens with one attached hydrogen (secondary N) is 1. The Balaban J connectivity index is 1.73. The Morgan fingerprint density at radius 3 is 2.55 bits per heavy atom. The summed E-state index contributed by atoms with van der Waals surface area (Å²) < 4.78 is 35.7. The number of alkyl halides is 2. The molecule has 3 aromatic rings. The van der Waals surface area contributed by atoms with Crippen molar-refractivity contribution in [2.75, 3.05) is 12.4 Å². The summed E-state index contributed by atoms with van der Waals surface area (Å²) in [5.74, 6) is -0.551. The molecule has 0 radical (unpaired) electrons. The summed E-state index contributed by atoms with van der Waals surface area (Å²) >= 11 is 12.0. The molecule has 0 spiro atoms. The van der Waals surface area contributed by atoms with Crippen LogP contribution in [0.15, 0.2) is 48.7 Å². The largest absolute Gasteiger partial charge is 0.493 e. The summed E-state index contributed by atoms with van der Waals surface area (Å²) in [5.41, 5.74) is 1.11. The molecule has 0 bridgehead atoms. The summed E-state index contributed by atoms with van der Waals surface area (Å²) in [6.45, 7) is -2.58. The number of hydrogen-bond acceptors (Lipinski definition) is 4. The smallest absolute Gasteiger partial charge is 0.387 e. The minimum absolute atomic E-state index is 0.00249. The lowest BCUT2D eigenvalue weighted by molar-refractivity contribution is -0.0512. The van der Waals surface area contributed by atoms with Gasteiger partial charge in [-0.05, 0) is 35.9 Å². The first-order valence-corrected chi connectivity index (χ1v) is 9.03. The summed E-state index contributed by atoms with van der Waals surface area (Å²) in [6.07, 6.45) is 1.58. The Morgan fingerprint density at radius 1 is 1.17 bits per heavy atom. The summed E-state index contributed by atoms with van der Waals surface area (Å²) in [6, 6.07) is 11.1. The Labute approximate surface area is 174 Å². The Bertz CT molecular complexity index is 1010. The lowest BCUT2D eigenvalue weighted by atomic mass is 10.2. The van der Waals surface area contributed by atoms with E-state index in [1.165, 1.54) is 25.3 Å². The summed E-state index contributed by atoms with van der Waals surface area (Å²) in [5, 5.41) is 7.71. The predicted octanol–water partition coefficient (Wildman–Crippen LogP) is 5.10. The van der Waals surface area contributed by atoms with Crippen molar-refractivity contribution in [3.63, 3.8) is 0 Å². The summed E-state index contributed by atoms with van der Waals surface area (Å²) in [4.78, 5) is 12.5. The molecule has 0 aliphatic heterocycles. The van der Waals surface area contributed by atoms with Crippen LogP contribution in [0.1, 0.15) is 15.9 Å². The van der Waals surface area contributed by atoms with Gasteiger partial charge in [0, 0.05) is 16.8 Å². The predicted molar refractivity (Wildman–Crippen MR) is 105 cm³/mol. The van der Waals surface area contributed by atoms with Gasteiger partial charge in [0.15, 0.2) is 17.3 Å². The molecule has 0 unspecified atom stereocenters. The number of rotatable bonds is 7. The molecule has 1 amide bonds. The van der Waals surface area contributed by atoms with Crippen LogP contribution in [0.25, 0.3) is 0 Å². The second-order valence-corrected chi connectivity index (χ2v) is 6.69. The van der Waals surface area contributed by atoms with Gasteiger partial charge in [-0.1, -0.05) is 35.3 Å². The lowest BCUT2D eigenvalue weighted by Crippen LogP contribution is -2.13. The van der Waals surface area contributed by atoms with E-state index in [0.29, 0.717) is 11.6 Å². The molecule has 1 aromatic heterocycles. The van der Waals surface area contributed by atoms with Gasteiger partial charge in [-0.25, -0.2) is 0 Å². The monoisotopic (exact) mass is 441 g/mol. The van der Waals surface area contributed by atoms with Crippen molar-refractivity contribution in [2.24, 2.45) is 0 Å². The fourth-order valence-corrected chi connectivity index (χ4v) is 2.85. The van der Waals surface area contributed by atoms with Crippen molar-refractivity contribution in [2.45, 2.75) is 13.2 Å². The van der Waals surface area contributed by atoms with Crippen LogP contribution in [0.4, 0.5) is 14.6 Å². The number of carbonyl (C=O) groups is 1. The van der Waals surface area contributed by atoms with Crippen LogP contribution in [0.2, 0.25) is 10.0 Å². The molecular weight excluding hydrogens is 427 g/mol. The maximum atomic E-state index is 12.5. The molecule has 0 fully saturated rings. The standard InChI is InChI=1S/C19H15Cl2F2N3O3/c1-28-16-8-12(4-7-15(16)29-19(22)23)18(27)24-17-14(21)10-26(25-17)9-11-2-5-13(20)6-3-11/h2-8,10,19H,9H2,1H3,(H,24,25,27). The number of benzene rings is 2. The fraction of sp³-hybridized carbons (Fsp3) is 0.158. The Kier molecular flexibility index (Phi) is 6.56. The zero-order chi connectivity index (χ0) is 21.0. The van der Waals surface area contributed by atoms with Crippen molar-refractivity contribution in [1.29, 1.82) is 0 Å². The third kappa shape index (κ3) is 5.36. The van der Waals surface area contributed by atoms with Gasteiger partial charge >= 0.3 is 6.61 Å². The molecule has 152 valence electrons. The number of anilines is 1. The average Bonchev–Trinajstić information content (AvgIpc) is 3.02. The average molecular weight is 442 g/mol. The van der Waals surface area contributed by atoms with Gasteiger partial charge in [0.05, 0.1) is 13.7 Å². The number of aromatic nitrogens is 2. The van der Waals surface area contributed by atoms with Gasteiger partial charge in [-0.15, -0.1) is 0 Å². The van der Waals surface area contributed by atoms with Crippen molar-refractivity contribution in [1.82, 2.24) is 9.78 Å². The van der Waals surface area contributed by atoms with E-state index in [4.69, 9.17) is 27.9 Å². The molecule has 10 heteroatoms. The third-order valence-corrected chi connectivity index (χ3v) is 4.38. The lowest BCUT2D eigenvalue weighted by Gasteiger charge is -2.11. The van der Waals surface area contributed by atoms with Gasteiger partial charge in [0.25, 0.3) is 5.91 Å². The number of nitrogens with zero attached hydrogens (tertiary/aromatic N) is 2. The highest BCUT2D eigenvalue weighted by Gasteiger charge is 2.16. The molecule has 29 heavy (non-hydrogen) atoms. The molecule has 0 saturated heterocycles. The normalized spacial score (nSPS) is 10.8. The van der Waals surface area contributed by atoms with E-state index in [1.54, 1.807) is 23.0 Å². The number of carbonyl (C=O) groups excluding carboxylic acids is 1. The number of halogens is 4. The molecule has 6 nitrogen and oxygen atoms in total. The molecular formula is C19H15Cl2F2N3O3. The first kappa shape index (κ1) is 20.9. The van der Waals surface area contributed by atoms with Crippen LogP contribution in [-0.2, 0) is 6.54 Å². The van der Waals surface area contributed by atoms with Gasteiger partial charge < -0.3 is 14.8 Å². The molecule has 0 saturated carbocycles. The number of ether oxygens (including phenoxy) is 2. The van der Waals surface area contributed by atoms with E-state index >= 15 is 0 Å². The molecule has 0 atom stereocenters. The van der Waals surface area contributed by atoms with E-state index in [1.807, 2.05) is 12.1 Å². The Hall–Kier alpha value is -2.84. The van der Waals surface area contributed by atoms with Crippen LogP contribution < -0.4 is 14.8 Å². The van der Waals surface area contributed by atoms with Crippen molar-refractivity contribution in [3.8, 4) is 11.5 Å². The zero-order valence-electron chi connectivity index (χ0n) is 15.0. The molecule has 3 rings (SSSR count). The molecule has 0 aliphatic carbocycles. The highest BCUT2D eigenvalue weighted by Crippen LogP contribution is 2.30. The van der Waals surface area contributed by atoms with E-state index < -0.39 is 12.5 Å². The molecule has 1 heterocycles. The topological polar surface area (TPSA) is 65.4 Å². The van der Waals surface area contributed by atoms with E-state index in [9.17, 15) is 13.6 Å². The maximum Gasteiger partial charge on any atom is 0.387 e. The van der Waals surface area contributed by atoms with E-state index in [2.05, 4.69) is 15.2 Å². The first-order valence-electron chi connectivity index (χ1n) is 8.27. The van der Waals surface area contributed by atoms with E-state index in [0.717, 1.165) is 5.56 Å². The molecule has 1 N–H and O–H groups in total. The second kappa shape index (κ2) is 9.11. The van der Waals surface area contributed by atoms with Gasteiger partial charge in [-0.3, -0.25) is 9.48 Å². The fourth-order valence-electron chi connectivity index (χ4n) is 2.52. The highest BCUT2D eigenvalue weighted by molar-refractivity contribution is 6.33. The minimum atomic E-state index is -3.01. The van der Waals surface area contributed by atoms with Crippen LogP contribution >= 0.6 is 23.2 Å². The van der Waals surface area contributed by atoms with Crippen LogP contribution in [0, 0.1) is 0 Å². The SMILES string of the molecule is COc1cc(C(=O)Nc2nn(Cc3ccc(Cl)cc3)cc2Cl)ccc1OC(F)F. The minimum Gasteiger partial charge on any atom is -0.493 e. The van der Waals surface area contributed by atoms with Gasteiger partial charge in [0.1, 0.15) is 5.02 Å². The summed E-state index contributed by atoms with van der Waals surface area (Å²) in [7, 11) is 1.28. The first-order chi connectivity index (χ1) is 13.9. The molecule has 2 aromatic carbocycles. The van der Waals surface area contributed by atoms with Gasteiger partial charge in [-0.2, -0.15) is 13.9 Å². The van der Waals surface area contributed by atoms with Crippen LogP contribution in [0.3, 0.4) is 0 Å². The van der Waals surface area contributed by atoms with Gasteiger partial charge in [0.2, 0.25) is 0 Å². The Morgan fingerprint density at radius 2 is 1.90 bits per heavy atom. The highest BCUT2D eigenvalue weighted by atomic mass is 35.5. The number of amides is 1. The van der Waals surface area contributed by atoms with Crippen molar-refractivity contribution in [3.05, 3.63) is 69.8 Å². The van der Waals surface area contributed by atoms with E-state index in [-0.39, 0.29) is 27.9 Å². The van der Waals surface area contributed by atoms with Crippen molar-refractivity contribution < 1.29 is 23.0 Å². The molecule has 0 aliphatic rings. The third-order valence-electron chi connectivity index (χ3n) is 3.85. The second-order valence-electron chi connectivity index (χ2n) is 5.85. The zero-order valence-corrected chi connectivity index (χ0v) is 16.5. The quantitative estimate of drug-likeness (QED) is 0.553. The van der Waals surface area contributed by atoms with Crippen LogP contribution in [0.5, 0.6) is 11.5 Å².